The Morgan fingerprint density at radius 2 is 2.14 bits per heavy atom. The number of piperidine rings is 1. The lowest BCUT2D eigenvalue weighted by Gasteiger charge is -2.23. The van der Waals surface area contributed by atoms with Crippen LogP contribution in [0.1, 0.15) is 32.6 Å². The lowest BCUT2D eigenvalue weighted by atomic mass is 10.0. The normalized spacial score (nSPS) is 18.9. The van der Waals surface area contributed by atoms with E-state index in [0.29, 0.717) is 30.3 Å². The van der Waals surface area contributed by atoms with Crippen LogP contribution >= 0.6 is 0 Å². The van der Waals surface area contributed by atoms with Gasteiger partial charge in [0.1, 0.15) is 0 Å². The summed E-state index contributed by atoms with van der Waals surface area (Å²) in [6, 6.07) is 0.400. The van der Waals surface area contributed by atoms with Gasteiger partial charge in [0.2, 0.25) is 0 Å². The van der Waals surface area contributed by atoms with Gasteiger partial charge in [-0.15, -0.1) is 0 Å². The predicted molar refractivity (Wildman–Crippen MR) is 85.2 cm³/mol. The van der Waals surface area contributed by atoms with Gasteiger partial charge < -0.3 is 9.88 Å². The molecule has 1 atom stereocenters. The Balaban J connectivity index is 1.99. The molecule has 3 heterocycles. The Labute approximate surface area is 128 Å². The average Bonchev–Trinajstić information content (AvgIpc) is 2.90. The number of nitrogens with one attached hydrogen (secondary N) is 1. The highest BCUT2D eigenvalue weighted by Crippen LogP contribution is 2.11. The molecule has 1 unspecified atom stereocenters. The van der Waals surface area contributed by atoms with E-state index in [-0.39, 0.29) is 11.2 Å². The largest absolute Gasteiger partial charge is 0.332 e. The molecule has 7 nitrogen and oxygen atoms in total. The molecule has 0 amide bonds. The molecule has 2 aromatic rings. The SMILES string of the molecule is CCn1c(=O)n(CCC2CCCCN2)c(=O)c2c1ncn2C. The van der Waals surface area contributed by atoms with Crippen LogP contribution in [0.25, 0.3) is 11.2 Å². The van der Waals surface area contributed by atoms with Crippen molar-refractivity contribution in [2.45, 2.75) is 51.7 Å². The van der Waals surface area contributed by atoms with Gasteiger partial charge in [0, 0.05) is 26.2 Å². The monoisotopic (exact) mass is 305 g/mol. The lowest BCUT2D eigenvalue weighted by Crippen LogP contribution is -2.42. The van der Waals surface area contributed by atoms with Crippen LogP contribution in [0.2, 0.25) is 0 Å². The van der Waals surface area contributed by atoms with Gasteiger partial charge in [-0.3, -0.25) is 13.9 Å². The highest BCUT2D eigenvalue weighted by molar-refractivity contribution is 5.69. The second-order valence-corrected chi connectivity index (χ2v) is 5.95. The number of aryl methyl sites for hydroxylation is 2. The molecule has 1 saturated heterocycles. The molecule has 0 aromatic carbocycles. The average molecular weight is 305 g/mol. The Kier molecular flexibility index (Phi) is 4.15. The fourth-order valence-corrected chi connectivity index (χ4v) is 3.25. The van der Waals surface area contributed by atoms with Crippen LogP contribution in [-0.2, 0) is 20.1 Å². The van der Waals surface area contributed by atoms with Crippen LogP contribution in [0.5, 0.6) is 0 Å². The highest BCUT2D eigenvalue weighted by Gasteiger charge is 2.18. The summed E-state index contributed by atoms with van der Waals surface area (Å²) in [5.74, 6) is 0. The molecule has 0 bridgehead atoms. The van der Waals surface area contributed by atoms with E-state index in [1.54, 1.807) is 22.5 Å². The minimum Gasteiger partial charge on any atom is -0.328 e. The number of imidazole rings is 1. The molecule has 120 valence electrons. The van der Waals surface area contributed by atoms with Gasteiger partial charge >= 0.3 is 5.69 Å². The van der Waals surface area contributed by atoms with Gasteiger partial charge in [-0.25, -0.2) is 9.78 Å². The number of hydrogen-bond acceptors (Lipinski definition) is 4. The van der Waals surface area contributed by atoms with E-state index in [9.17, 15) is 9.59 Å². The maximum absolute atomic E-state index is 12.6. The van der Waals surface area contributed by atoms with Crippen LogP contribution in [0.4, 0.5) is 0 Å². The Morgan fingerprint density at radius 1 is 1.32 bits per heavy atom. The third kappa shape index (κ3) is 2.49. The van der Waals surface area contributed by atoms with Crippen molar-refractivity contribution in [3.8, 4) is 0 Å². The standard InChI is InChI=1S/C15H23N5O2/c1-3-19-13-12(18(2)10-17-13)14(21)20(15(19)22)9-7-11-6-4-5-8-16-11/h10-11,16H,3-9H2,1-2H3. The zero-order valence-corrected chi connectivity index (χ0v) is 13.2. The number of fused-ring (bicyclic) bond motifs is 1. The smallest absolute Gasteiger partial charge is 0.328 e. The topological polar surface area (TPSA) is 73.8 Å². The van der Waals surface area contributed by atoms with E-state index in [1.165, 1.54) is 17.4 Å². The van der Waals surface area contributed by atoms with Crippen LogP contribution in [-0.4, -0.2) is 31.3 Å². The molecule has 0 aliphatic carbocycles. The van der Waals surface area contributed by atoms with Gasteiger partial charge in [-0.1, -0.05) is 6.42 Å². The predicted octanol–water partition coefficient (Wildman–Crippen LogP) is 0.449. The Bertz CT molecular complexity index is 780. The fraction of sp³-hybridized carbons (Fsp3) is 0.667. The van der Waals surface area contributed by atoms with Crippen molar-refractivity contribution >= 4 is 11.2 Å². The molecule has 1 fully saturated rings. The summed E-state index contributed by atoms with van der Waals surface area (Å²) in [7, 11) is 1.79. The van der Waals surface area contributed by atoms with Gasteiger partial charge in [-0.2, -0.15) is 0 Å². The van der Waals surface area contributed by atoms with Gasteiger partial charge in [0.15, 0.2) is 11.2 Å². The first-order valence-corrected chi connectivity index (χ1v) is 8.01. The lowest BCUT2D eigenvalue weighted by molar-refractivity contribution is 0.361. The van der Waals surface area contributed by atoms with Crippen LogP contribution in [0, 0.1) is 0 Å². The third-order valence-electron chi connectivity index (χ3n) is 4.51. The summed E-state index contributed by atoms with van der Waals surface area (Å²) in [6.07, 6.45) is 5.93. The number of hydrogen-bond donors (Lipinski definition) is 1. The summed E-state index contributed by atoms with van der Waals surface area (Å²) in [5, 5.41) is 3.46. The molecule has 1 aliphatic rings. The van der Waals surface area contributed by atoms with Crippen molar-refractivity contribution in [1.82, 2.24) is 24.0 Å². The number of nitrogens with zero attached hydrogens (tertiary/aromatic N) is 4. The molecule has 22 heavy (non-hydrogen) atoms. The maximum Gasteiger partial charge on any atom is 0.332 e. The van der Waals surface area contributed by atoms with Crippen molar-refractivity contribution in [2.24, 2.45) is 7.05 Å². The molecule has 1 aliphatic heterocycles. The first-order chi connectivity index (χ1) is 10.6. The summed E-state index contributed by atoms with van der Waals surface area (Å²) in [5.41, 5.74) is 0.486. The Morgan fingerprint density at radius 3 is 2.82 bits per heavy atom. The summed E-state index contributed by atoms with van der Waals surface area (Å²) in [4.78, 5) is 29.4. The van der Waals surface area contributed by atoms with E-state index < -0.39 is 0 Å². The van der Waals surface area contributed by atoms with Crippen molar-refractivity contribution < 1.29 is 0 Å². The molecule has 0 spiro atoms. The number of rotatable bonds is 4. The molecule has 1 N–H and O–H groups in total. The molecule has 0 saturated carbocycles. The Hall–Kier alpha value is -1.89. The third-order valence-corrected chi connectivity index (χ3v) is 4.51. The van der Waals surface area contributed by atoms with Crippen molar-refractivity contribution in [1.29, 1.82) is 0 Å². The van der Waals surface area contributed by atoms with E-state index in [2.05, 4.69) is 10.3 Å². The van der Waals surface area contributed by atoms with E-state index in [4.69, 9.17) is 0 Å². The summed E-state index contributed by atoms with van der Waals surface area (Å²) >= 11 is 0. The minimum absolute atomic E-state index is 0.236. The van der Waals surface area contributed by atoms with E-state index in [0.717, 1.165) is 19.4 Å². The van der Waals surface area contributed by atoms with Crippen molar-refractivity contribution in [3.63, 3.8) is 0 Å². The zero-order valence-electron chi connectivity index (χ0n) is 13.2. The number of aromatic nitrogens is 4. The first-order valence-electron chi connectivity index (χ1n) is 8.01. The molecule has 2 aromatic heterocycles. The van der Waals surface area contributed by atoms with Crippen LogP contribution in [0.15, 0.2) is 15.9 Å². The van der Waals surface area contributed by atoms with Gasteiger partial charge in [-0.05, 0) is 32.7 Å². The second-order valence-electron chi connectivity index (χ2n) is 5.95. The maximum atomic E-state index is 12.6. The zero-order chi connectivity index (χ0) is 15.7. The molecular formula is C15H23N5O2. The van der Waals surface area contributed by atoms with E-state index >= 15 is 0 Å². The van der Waals surface area contributed by atoms with Crippen molar-refractivity contribution in [2.75, 3.05) is 6.54 Å². The van der Waals surface area contributed by atoms with Gasteiger partial charge in [0.05, 0.1) is 6.33 Å². The van der Waals surface area contributed by atoms with Crippen LogP contribution in [0.3, 0.4) is 0 Å². The highest BCUT2D eigenvalue weighted by atomic mass is 16.2. The minimum atomic E-state index is -0.255. The van der Waals surface area contributed by atoms with E-state index in [1.807, 2.05) is 6.92 Å². The molecule has 7 heteroatoms. The quantitative estimate of drug-likeness (QED) is 0.890. The van der Waals surface area contributed by atoms with Gasteiger partial charge in [0.25, 0.3) is 5.56 Å². The molecule has 3 rings (SSSR count). The molecule has 0 radical (unpaired) electrons. The summed E-state index contributed by atoms with van der Waals surface area (Å²) < 4.78 is 4.63. The molecular weight excluding hydrogens is 282 g/mol. The first kappa shape index (κ1) is 15.0. The fourth-order valence-electron chi connectivity index (χ4n) is 3.25. The second kappa shape index (κ2) is 6.08. The van der Waals surface area contributed by atoms with Crippen molar-refractivity contribution in [3.05, 3.63) is 27.2 Å². The summed E-state index contributed by atoms with van der Waals surface area (Å²) in [6.45, 7) is 3.89. The van der Waals surface area contributed by atoms with Crippen LogP contribution < -0.4 is 16.6 Å².